The molecule has 4 heteroatoms. The van der Waals surface area contributed by atoms with Crippen LogP contribution in [0.15, 0.2) is 30.3 Å². The van der Waals surface area contributed by atoms with Crippen molar-refractivity contribution in [2.75, 3.05) is 13.1 Å². The van der Waals surface area contributed by atoms with Crippen molar-refractivity contribution in [1.82, 2.24) is 10.6 Å². The van der Waals surface area contributed by atoms with Crippen LogP contribution in [0.3, 0.4) is 0 Å². The topological polar surface area (TPSA) is 67.2 Å². The zero-order valence-electron chi connectivity index (χ0n) is 18.5. The molecule has 6 rings (SSSR count). The van der Waals surface area contributed by atoms with Gasteiger partial charge in [-0.3, -0.25) is 4.79 Å². The molecule has 4 nitrogen and oxygen atoms in total. The maximum Gasteiger partial charge on any atom is 0.226 e. The van der Waals surface area contributed by atoms with Crippen LogP contribution in [-0.4, -0.2) is 31.1 Å². The number of rotatable bonds is 6. The van der Waals surface area contributed by atoms with Gasteiger partial charge in [0, 0.05) is 12.1 Å². The van der Waals surface area contributed by atoms with Crippen LogP contribution in [0.2, 0.25) is 0 Å². The highest BCUT2D eigenvalue weighted by molar-refractivity contribution is 5.84. The Labute approximate surface area is 181 Å². The monoisotopic (exact) mass is 409 g/mol. The molecule has 5 fully saturated rings. The molecule has 2 unspecified atom stereocenters. The average Bonchev–Trinajstić information content (AvgIpc) is 2.77. The predicted octanol–water partition coefficient (Wildman–Crippen LogP) is 3.75. The van der Waals surface area contributed by atoms with Crippen LogP contribution in [0.4, 0.5) is 0 Å². The smallest absolute Gasteiger partial charge is 0.226 e. The van der Waals surface area contributed by atoms with E-state index in [9.17, 15) is 4.79 Å². The zero-order chi connectivity index (χ0) is 20.8. The Kier molecular flexibility index (Phi) is 5.43. The number of carbonyl (C=O) groups excluding carboxylic acids is 1. The quantitative estimate of drug-likeness (QED) is 0.670. The van der Waals surface area contributed by atoms with Crippen LogP contribution in [0.5, 0.6) is 0 Å². The van der Waals surface area contributed by atoms with Gasteiger partial charge in [-0.1, -0.05) is 37.3 Å². The summed E-state index contributed by atoms with van der Waals surface area (Å²) in [5, 5.41) is 7.34. The van der Waals surface area contributed by atoms with Gasteiger partial charge in [0.05, 0.1) is 5.41 Å². The molecule has 0 aliphatic heterocycles. The lowest BCUT2D eigenvalue weighted by atomic mass is 9.41. The third kappa shape index (κ3) is 3.40. The SMILES string of the molecule is CCNC1C2CC3(C(=O)NC4CCC(CN)CC4)CC1CC(c1ccccc1)(C2)C3. The third-order valence-corrected chi connectivity index (χ3v) is 9.13. The highest BCUT2D eigenvalue weighted by Gasteiger charge is 2.63. The molecule has 1 aromatic rings. The van der Waals surface area contributed by atoms with E-state index < -0.39 is 0 Å². The average molecular weight is 410 g/mol. The number of amides is 1. The number of hydrogen-bond acceptors (Lipinski definition) is 3. The lowest BCUT2D eigenvalue weighted by molar-refractivity contribution is -0.153. The van der Waals surface area contributed by atoms with E-state index in [1.807, 2.05) is 0 Å². The maximum absolute atomic E-state index is 13.8. The molecule has 2 atom stereocenters. The number of carbonyl (C=O) groups is 1. The summed E-state index contributed by atoms with van der Waals surface area (Å²) in [5.41, 5.74) is 7.35. The van der Waals surface area contributed by atoms with Gasteiger partial charge in [-0.2, -0.15) is 0 Å². The van der Waals surface area contributed by atoms with E-state index >= 15 is 0 Å². The van der Waals surface area contributed by atoms with Crippen LogP contribution >= 0.6 is 0 Å². The standard InChI is InChI=1S/C26H39N3O/c1-2-28-23-19-12-25(21-6-4-3-5-7-21)13-20(23)15-26(14-19,17-25)24(30)29-22-10-8-18(16-27)9-11-22/h3-7,18-20,22-23,28H,2,8-17,27H2,1H3,(H,29,30). The Morgan fingerprint density at radius 3 is 2.30 bits per heavy atom. The molecular weight excluding hydrogens is 370 g/mol. The van der Waals surface area contributed by atoms with E-state index in [0.29, 0.717) is 35.7 Å². The first-order valence-corrected chi connectivity index (χ1v) is 12.4. The van der Waals surface area contributed by atoms with Gasteiger partial charge in [-0.15, -0.1) is 0 Å². The van der Waals surface area contributed by atoms with Crippen LogP contribution < -0.4 is 16.4 Å². The van der Waals surface area contributed by atoms with Crippen molar-refractivity contribution in [3.8, 4) is 0 Å². The fourth-order valence-corrected chi connectivity index (χ4v) is 7.99. The molecule has 1 aromatic carbocycles. The molecule has 1 amide bonds. The Morgan fingerprint density at radius 2 is 1.70 bits per heavy atom. The molecular formula is C26H39N3O. The Hall–Kier alpha value is -1.39. The molecule has 0 heterocycles. The van der Waals surface area contributed by atoms with Crippen molar-refractivity contribution >= 4 is 5.91 Å². The van der Waals surface area contributed by atoms with Crippen LogP contribution in [0.25, 0.3) is 0 Å². The molecule has 5 saturated carbocycles. The van der Waals surface area contributed by atoms with Gasteiger partial charge in [-0.25, -0.2) is 0 Å². The molecule has 0 aromatic heterocycles. The molecule has 30 heavy (non-hydrogen) atoms. The zero-order valence-corrected chi connectivity index (χ0v) is 18.5. The second kappa shape index (κ2) is 7.94. The van der Waals surface area contributed by atoms with Crippen LogP contribution in [0, 0.1) is 23.2 Å². The fourth-order valence-electron chi connectivity index (χ4n) is 7.99. The lowest BCUT2D eigenvalue weighted by Crippen LogP contribution is -2.66. The van der Waals surface area contributed by atoms with Gasteiger partial charge in [-0.05, 0) is 99.6 Å². The van der Waals surface area contributed by atoms with Crippen LogP contribution in [0.1, 0.15) is 70.3 Å². The van der Waals surface area contributed by atoms with Gasteiger partial charge >= 0.3 is 0 Å². The number of benzene rings is 1. The van der Waals surface area contributed by atoms with Crippen molar-refractivity contribution < 1.29 is 4.79 Å². The van der Waals surface area contributed by atoms with E-state index in [1.165, 1.54) is 18.4 Å². The predicted molar refractivity (Wildman–Crippen MR) is 121 cm³/mol. The number of hydrogen-bond donors (Lipinski definition) is 3. The molecule has 5 aliphatic carbocycles. The normalized spacial score (nSPS) is 42.3. The van der Waals surface area contributed by atoms with Gasteiger partial charge in [0.2, 0.25) is 5.91 Å². The largest absolute Gasteiger partial charge is 0.353 e. The molecule has 164 valence electrons. The second-order valence-corrected chi connectivity index (χ2v) is 11.0. The van der Waals surface area contributed by atoms with Gasteiger partial charge in [0.1, 0.15) is 0 Å². The first-order valence-electron chi connectivity index (χ1n) is 12.4. The Morgan fingerprint density at radius 1 is 1.03 bits per heavy atom. The Bertz CT molecular complexity index is 739. The molecule has 4 bridgehead atoms. The summed E-state index contributed by atoms with van der Waals surface area (Å²) in [6, 6.07) is 12.0. The number of nitrogens with two attached hydrogens (primary N) is 1. The molecule has 5 aliphatic rings. The highest BCUT2D eigenvalue weighted by atomic mass is 16.2. The summed E-state index contributed by atoms with van der Waals surface area (Å²) < 4.78 is 0. The van der Waals surface area contributed by atoms with E-state index in [4.69, 9.17) is 5.73 Å². The van der Waals surface area contributed by atoms with E-state index in [1.54, 1.807) is 0 Å². The number of nitrogens with one attached hydrogen (secondary N) is 2. The van der Waals surface area contributed by atoms with Crippen molar-refractivity contribution in [3.63, 3.8) is 0 Å². The molecule has 4 N–H and O–H groups in total. The third-order valence-electron chi connectivity index (χ3n) is 9.13. The van der Waals surface area contributed by atoms with Crippen LogP contribution in [-0.2, 0) is 10.2 Å². The second-order valence-electron chi connectivity index (χ2n) is 11.0. The molecule has 0 saturated heterocycles. The summed E-state index contributed by atoms with van der Waals surface area (Å²) >= 11 is 0. The minimum Gasteiger partial charge on any atom is -0.353 e. The molecule has 0 radical (unpaired) electrons. The highest BCUT2D eigenvalue weighted by Crippen LogP contribution is 2.65. The first kappa shape index (κ1) is 20.5. The summed E-state index contributed by atoms with van der Waals surface area (Å²) in [5.74, 6) is 2.25. The van der Waals surface area contributed by atoms with E-state index in [0.717, 1.165) is 58.0 Å². The van der Waals surface area contributed by atoms with Crippen molar-refractivity contribution in [3.05, 3.63) is 35.9 Å². The fraction of sp³-hybridized carbons (Fsp3) is 0.731. The van der Waals surface area contributed by atoms with Crippen molar-refractivity contribution in [1.29, 1.82) is 0 Å². The first-order chi connectivity index (χ1) is 14.6. The molecule has 0 spiro atoms. The summed E-state index contributed by atoms with van der Waals surface area (Å²) in [6.45, 7) is 4.04. The minimum atomic E-state index is -0.168. The van der Waals surface area contributed by atoms with E-state index in [2.05, 4.69) is 47.9 Å². The summed E-state index contributed by atoms with van der Waals surface area (Å²) in [6.07, 6.45) is 10.2. The van der Waals surface area contributed by atoms with Gasteiger partial charge in [0.25, 0.3) is 0 Å². The lowest BCUT2D eigenvalue weighted by Gasteiger charge is -2.64. The minimum absolute atomic E-state index is 0.168. The summed E-state index contributed by atoms with van der Waals surface area (Å²) in [4.78, 5) is 13.8. The van der Waals surface area contributed by atoms with Crippen molar-refractivity contribution in [2.24, 2.45) is 28.9 Å². The van der Waals surface area contributed by atoms with Gasteiger partial charge < -0.3 is 16.4 Å². The van der Waals surface area contributed by atoms with Gasteiger partial charge in [0.15, 0.2) is 0 Å². The Balaban J connectivity index is 1.39. The van der Waals surface area contributed by atoms with E-state index in [-0.39, 0.29) is 10.8 Å². The van der Waals surface area contributed by atoms with Crippen molar-refractivity contribution in [2.45, 2.75) is 82.2 Å². The summed E-state index contributed by atoms with van der Waals surface area (Å²) in [7, 11) is 0. The maximum atomic E-state index is 13.8.